The van der Waals surface area contributed by atoms with E-state index in [0.717, 1.165) is 38.7 Å². The smallest absolute Gasteiger partial charge is 0.291 e. The Bertz CT molecular complexity index is 2260. The Morgan fingerprint density at radius 2 is 0.923 bits per heavy atom. The summed E-state index contributed by atoms with van der Waals surface area (Å²) >= 11 is 0. The van der Waals surface area contributed by atoms with Gasteiger partial charge in [-0.25, -0.2) is 9.97 Å². The molecular weight excluding hydrogens is 647 g/mol. The molecule has 0 fully saturated rings. The number of rotatable bonds is 10. The average molecular weight is 683 g/mol. The minimum Gasteiger partial charge on any atom is -0.457 e. The van der Waals surface area contributed by atoms with Crippen LogP contribution in [0.2, 0.25) is 0 Å². The van der Waals surface area contributed by atoms with Gasteiger partial charge in [0.25, 0.3) is 6.71 Å². The van der Waals surface area contributed by atoms with E-state index in [-0.39, 0.29) is 6.71 Å². The molecule has 7 aromatic rings. The summed E-state index contributed by atoms with van der Waals surface area (Å²) in [7, 11) is 0. The molecule has 1 aliphatic heterocycles. The van der Waals surface area contributed by atoms with Crippen molar-refractivity contribution in [3.8, 4) is 57.4 Å². The lowest BCUT2D eigenvalue weighted by atomic mass is 9.42. The van der Waals surface area contributed by atoms with Gasteiger partial charge in [-0.1, -0.05) is 49.0 Å². The highest BCUT2D eigenvalue weighted by Gasteiger charge is 2.36. The van der Waals surface area contributed by atoms with Gasteiger partial charge in [-0.2, -0.15) is 0 Å². The number of fused-ring (bicyclic) bond motifs is 3. The van der Waals surface area contributed by atoms with Crippen LogP contribution in [0.25, 0.3) is 11.1 Å². The van der Waals surface area contributed by atoms with Crippen molar-refractivity contribution in [3.05, 3.63) is 151 Å². The van der Waals surface area contributed by atoms with E-state index in [4.69, 9.17) is 28.9 Å². The molecule has 1 aliphatic rings. The first-order valence-corrected chi connectivity index (χ1v) is 17.2. The van der Waals surface area contributed by atoms with Crippen LogP contribution in [0.4, 0.5) is 0 Å². The predicted molar refractivity (Wildman–Crippen MR) is 204 cm³/mol. The molecule has 4 heterocycles. The summed E-state index contributed by atoms with van der Waals surface area (Å²) in [5.41, 5.74) is 8.24. The number of aromatic nitrogens is 4. The van der Waals surface area contributed by atoms with Crippen LogP contribution in [0.3, 0.4) is 0 Å². The van der Waals surface area contributed by atoms with Crippen LogP contribution in [-0.2, 0) is 0 Å². The van der Waals surface area contributed by atoms with E-state index in [1.165, 1.54) is 0 Å². The molecule has 0 spiro atoms. The predicted octanol–water partition coefficient (Wildman–Crippen LogP) is 8.67. The van der Waals surface area contributed by atoms with Gasteiger partial charge in [-0.05, 0) is 108 Å². The molecular formula is C43H35BN4O4. The highest BCUT2D eigenvalue weighted by atomic mass is 16.5. The van der Waals surface area contributed by atoms with E-state index in [9.17, 15) is 0 Å². The molecule has 8 rings (SSSR count). The molecule has 0 bridgehead atoms. The Kier molecular flexibility index (Phi) is 8.83. The Morgan fingerprint density at radius 1 is 0.481 bits per heavy atom. The number of aryl methyl sites for hydroxylation is 2. The van der Waals surface area contributed by atoms with Gasteiger partial charge in [-0.15, -0.1) is 0 Å². The third-order valence-electron chi connectivity index (χ3n) is 8.88. The molecule has 0 amide bonds. The lowest BCUT2D eigenvalue weighted by molar-refractivity contribution is 0.448. The fraction of sp³-hybridized carbons (Fsp3) is 0.116. The van der Waals surface area contributed by atoms with Gasteiger partial charge in [0, 0.05) is 49.1 Å². The summed E-state index contributed by atoms with van der Waals surface area (Å²) in [6.07, 6.45) is 7.32. The molecule has 0 N–H and O–H groups in total. The van der Waals surface area contributed by atoms with Crippen LogP contribution >= 0.6 is 0 Å². The maximum Gasteiger partial charge on any atom is 0.291 e. The molecule has 8 nitrogen and oxygen atoms in total. The lowest BCUT2D eigenvalue weighted by Crippen LogP contribution is -2.51. The summed E-state index contributed by atoms with van der Waals surface area (Å²) in [5.74, 6) is 5.33. The van der Waals surface area contributed by atoms with Crippen LogP contribution in [0.15, 0.2) is 134 Å². The van der Waals surface area contributed by atoms with Crippen molar-refractivity contribution in [2.75, 3.05) is 0 Å². The number of hydrogen-bond acceptors (Lipinski definition) is 8. The molecule has 0 aliphatic carbocycles. The Balaban J connectivity index is 1.09. The standard InChI is InChI=1S/C43H35BN4O4/c1-27(2)30-25-47-43(48-26-30)44-39-23-35(49-31-7-5-9-33(21-31)51-41-19-28(3)15-17-45-41)11-13-37(39)38-14-12-36(24-40(38)44)50-32-8-6-10-34(22-32)52-42-20-29(4)16-18-46-42/h5-27H,1-4H3. The second-order valence-corrected chi connectivity index (χ2v) is 13.2. The molecule has 0 saturated heterocycles. The minimum atomic E-state index is -0.234. The third-order valence-corrected chi connectivity index (χ3v) is 8.88. The SMILES string of the molecule is Cc1ccnc(Oc2cccc(Oc3ccc4c(c3)B(c3ncc(C(C)C)cn3)c3cc(Oc5cccc(Oc6cc(C)ccn6)c5)ccc3-4)c2)c1. The monoisotopic (exact) mass is 682 g/mol. The summed E-state index contributed by atoms with van der Waals surface area (Å²) in [6, 6.07) is 35.1. The molecule has 3 aromatic heterocycles. The number of ether oxygens (including phenoxy) is 4. The van der Waals surface area contributed by atoms with E-state index in [1.54, 1.807) is 12.4 Å². The zero-order chi connectivity index (χ0) is 35.6. The maximum absolute atomic E-state index is 6.42. The first-order chi connectivity index (χ1) is 25.3. The van der Waals surface area contributed by atoms with Crippen LogP contribution in [-0.4, -0.2) is 26.6 Å². The zero-order valence-electron chi connectivity index (χ0n) is 29.3. The van der Waals surface area contributed by atoms with E-state index < -0.39 is 0 Å². The van der Waals surface area contributed by atoms with Crippen molar-refractivity contribution in [3.63, 3.8) is 0 Å². The molecule has 0 saturated carbocycles. The number of hydrogen-bond donors (Lipinski definition) is 0. The fourth-order valence-electron chi connectivity index (χ4n) is 6.26. The molecule has 0 atom stereocenters. The summed E-state index contributed by atoms with van der Waals surface area (Å²) < 4.78 is 24.9. The number of nitrogens with zero attached hydrogens (tertiary/aromatic N) is 4. The Morgan fingerprint density at radius 3 is 1.37 bits per heavy atom. The van der Waals surface area contributed by atoms with Crippen LogP contribution in [0.5, 0.6) is 46.3 Å². The largest absolute Gasteiger partial charge is 0.457 e. The molecule has 0 unspecified atom stereocenters. The quantitative estimate of drug-likeness (QED) is 0.133. The van der Waals surface area contributed by atoms with Crippen molar-refractivity contribution in [1.29, 1.82) is 0 Å². The second-order valence-electron chi connectivity index (χ2n) is 13.2. The third kappa shape index (κ3) is 7.07. The van der Waals surface area contributed by atoms with Crippen molar-refractivity contribution < 1.29 is 18.9 Å². The summed E-state index contributed by atoms with van der Waals surface area (Å²) in [5, 5.41) is 0. The van der Waals surface area contributed by atoms with E-state index >= 15 is 0 Å². The Labute approximate surface area is 303 Å². The first-order valence-electron chi connectivity index (χ1n) is 17.2. The van der Waals surface area contributed by atoms with E-state index in [0.29, 0.717) is 57.9 Å². The van der Waals surface area contributed by atoms with Crippen molar-refractivity contribution >= 4 is 23.4 Å². The maximum atomic E-state index is 6.42. The normalized spacial score (nSPS) is 11.6. The van der Waals surface area contributed by atoms with Crippen molar-refractivity contribution in [2.24, 2.45) is 0 Å². The molecule has 0 radical (unpaired) electrons. The van der Waals surface area contributed by atoms with Gasteiger partial charge in [-0.3, -0.25) is 9.97 Å². The lowest BCUT2D eigenvalue weighted by Gasteiger charge is -2.13. The van der Waals surface area contributed by atoms with Gasteiger partial charge < -0.3 is 18.9 Å². The molecule has 52 heavy (non-hydrogen) atoms. The minimum absolute atomic E-state index is 0.234. The Hall–Kier alpha value is -6.48. The van der Waals surface area contributed by atoms with E-state index in [2.05, 4.69) is 48.1 Å². The van der Waals surface area contributed by atoms with Crippen LogP contribution < -0.4 is 35.6 Å². The van der Waals surface area contributed by atoms with Crippen molar-refractivity contribution in [2.45, 2.75) is 33.6 Å². The fourth-order valence-corrected chi connectivity index (χ4v) is 6.26. The number of pyridine rings is 2. The van der Waals surface area contributed by atoms with Crippen LogP contribution in [0, 0.1) is 13.8 Å². The molecule has 9 heteroatoms. The van der Waals surface area contributed by atoms with Gasteiger partial charge in [0.05, 0.1) is 5.72 Å². The number of benzene rings is 4. The van der Waals surface area contributed by atoms with Gasteiger partial charge in [0.2, 0.25) is 11.8 Å². The summed E-state index contributed by atoms with van der Waals surface area (Å²) in [4.78, 5) is 18.4. The zero-order valence-corrected chi connectivity index (χ0v) is 29.3. The van der Waals surface area contributed by atoms with Crippen molar-refractivity contribution in [1.82, 2.24) is 19.9 Å². The highest BCUT2D eigenvalue weighted by Crippen LogP contribution is 2.33. The second kappa shape index (κ2) is 14.0. The van der Waals surface area contributed by atoms with Gasteiger partial charge >= 0.3 is 0 Å². The van der Waals surface area contributed by atoms with Crippen LogP contribution in [0.1, 0.15) is 36.5 Å². The first kappa shape index (κ1) is 32.7. The molecule has 4 aromatic carbocycles. The summed E-state index contributed by atoms with van der Waals surface area (Å²) in [6.45, 7) is 8.06. The average Bonchev–Trinajstić information content (AvgIpc) is 3.45. The molecule has 254 valence electrons. The van der Waals surface area contributed by atoms with E-state index in [1.807, 2.05) is 111 Å². The van der Waals surface area contributed by atoms with Gasteiger partial charge in [0.15, 0.2) is 0 Å². The van der Waals surface area contributed by atoms with Gasteiger partial charge in [0.1, 0.15) is 34.5 Å². The topological polar surface area (TPSA) is 88.5 Å². The highest BCUT2D eigenvalue weighted by molar-refractivity contribution is 6.98.